The molecular weight excluding hydrogens is 312 g/mol. The zero-order valence-corrected chi connectivity index (χ0v) is 15.8. The van der Waals surface area contributed by atoms with Crippen LogP contribution < -0.4 is 5.32 Å². The summed E-state index contributed by atoms with van der Waals surface area (Å²) in [6, 6.07) is 10.4. The fourth-order valence-corrected chi connectivity index (χ4v) is 2.61. The summed E-state index contributed by atoms with van der Waals surface area (Å²) in [5, 5.41) is 3.07. The summed E-state index contributed by atoms with van der Waals surface area (Å²) in [6.07, 6.45) is 4.57. The molecule has 1 amide bonds. The van der Waals surface area contributed by atoms with Crippen LogP contribution in [0.5, 0.6) is 0 Å². The number of hydrogen-bond donors (Lipinski definition) is 1. The molecular formula is C21H28N2O2. The molecule has 134 valence electrons. The number of carbonyl (C=O) groups excluding carboxylic acids is 1. The minimum atomic E-state index is -0.571. The van der Waals surface area contributed by atoms with Crippen LogP contribution in [0.25, 0.3) is 11.1 Å². The van der Waals surface area contributed by atoms with E-state index in [2.05, 4.69) is 23.3 Å². The first-order chi connectivity index (χ1) is 11.9. The zero-order chi connectivity index (χ0) is 18.4. The lowest BCUT2D eigenvalue weighted by Gasteiger charge is -2.26. The van der Waals surface area contributed by atoms with Crippen molar-refractivity contribution < 1.29 is 9.53 Å². The molecule has 0 aliphatic heterocycles. The Hall–Kier alpha value is -2.20. The second-order valence-electron chi connectivity index (χ2n) is 7.00. The molecule has 2 aromatic rings. The number of pyridine rings is 1. The average Bonchev–Trinajstić information content (AvgIpc) is 2.62. The quantitative estimate of drug-likeness (QED) is 0.826. The highest BCUT2D eigenvalue weighted by molar-refractivity contribution is 5.87. The largest absolute Gasteiger partial charge is 0.380 e. The Morgan fingerprint density at radius 3 is 2.48 bits per heavy atom. The van der Waals surface area contributed by atoms with E-state index >= 15 is 0 Å². The molecule has 0 fully saturated rings. The van der Waals surface area contributed by atoms with Gasteiger partial charge in [-0.2, -0.15) is 0 Å². The van der Waals surface area contributed by atoms with E-state index in [1.165, 1.54) is 0 Å². The Kier molecular flexibility index (Phi) is 6.32. The van der Waals surface area contributed by atoms with Gasteiger partial charge in [-0.1, -0.05) is 31.2 Å². The second-order valence-corrected chi connectivity index (χ2v) is 7.00. The van der Waals surface area contributed by atoms with Crippen molar-refractivity contribution >= 4 is 5.91 Å². The van der Waals surface area contributed by atoms with Gasteiger partial charge in [0.25, 0.3) is 0 Å². The summed E-state index contributed by atoms with van der Waals surface area (Å²) in [6.45, 7) is 8.55. The van der Waals surface area contributed by atoms with Gasteiger partial charge in [0.1, 0.15) is 0 Å². The van der Waals surface area contributed by atoms with Crippen molar-refractivity contribution in [2.75, 3.05) is 7.11 Å². The van der Waals surface area contributed by atoms with E-state index in [4.69, 9.17) is 4.74 Å². The summed E-state index contributed by atoms with van der Waals surface area (Å²) in [5.41, 5.74) is 3.59. The average molecular weight is 340 g/mol. The van der Waals surface area contributed by atoms with Crippen LogP contribution in [-0.4, -0.2) is 24.0 Å². The minimum absolute atomic E-state index is 0.0540. The number of ether oxygens (including phenoxy) is 1. The van der Waals surface area contributed by atoms with Gasteiger partial charge < -0.3 is 10.1 Å². The van der Waals surface area contributed by atoms with Crippen LogP contribution in [0.1, 0.15) is 45.2 Å². The summed E-state index contributed by atoms with van der Waals surface area (Å²) in [4.78, 5) is 16.8. The standard InChI is InChI=1S/C21H28N2O2/c1-6-15(2)23-20(24)21(3,4)19-9-7-17(8-10-19)18-11-16(14-25-5)12-22-13-18/h7-13,15H,6,14H2,1-5H3,(H,23,24)/t15-/m0/s1. The van der Waals surface area contributed by atoms with E-state index in [-0.39, 0.29) is 11.9 Å². The first-order valence-electron chi connectivity index (χ1n) is 8.73. The molecule has 0 saturated carbocycles. The molecule has 2 rings (SSSR count). The summed E-state index contributed by atoms with van der Waals surface area (Å²) >= 11 is 0. The lowest BCUT2D eigenvalue weighted by Crippen LogP contribution is -2.43. The summed E-state index contributed by atoms with van der Waals surface area (Å²) in [7, 11) is 1.67. The Balaban J connectivity index is 2.21. The number of amides is 1. The molecule has 1 aromatic carbocycles. The number of rotatable bonds is 7. The first-order valence-corrected chi connectivity index (χ1v) is 8.73. The molecule has 25 heavy (non-hydrogen) atoms. The molecule has 0 aliphatic carbocycles. The highest BCUT2D eigenvalue weighted by Crippen LogP contribution is 2.27. The van der Waals surface area contributed by atoms with E-state index in [0.29, 0.717) is 6.61 Å². The fraction of sp³-hybridized carbons (Fsp3) is 0.429. The summed E-state index contributed by atoms with van der Waals surface area (Å²) < 4.78 is 5.17. The van der Waals surface area contributed by atoms with Crippen LogP contribution in [0.4, 0.5) is 0 Å². The van der Waals surface area contributed by atoms with Crippen molar-refractivity contribution in [3.05, 3.63) is 53.9 Å². The molecule has 0 bridgehead atoms. The number of nitrogens with zero attached hydrogens (tertiary/aromatic N) is 1. The third-order valence-electron chi connectivity index (χ3n) is 4.60. The SMILES string of the molecule is CC[C@H](C)NC(=O)C(C)(C)c1ccc(-c2cncc(COC)c2)cc1. The maximum Gasteiger partial charge on any atom is 0.230 e. The zero-order valence-electron chi connectivity index (χ0n) is 15.8. The third kappa shape index (κ3) is 4.67. The van der Waals surface area contributed by atoms with Gasteiger partial charge in [-0.05, 0) is 49.9 Å². The van der Waals surface area contributed by atoms with E-state index in [1.807, 2.05) is 57.4 Å². The fourth-order valence-electron chi connectivity index (χ4n) is 2.61. The topological polar surface area (TPSA) is 51.2 Å². The van der Waals surface area contributed by atoms with Crippen LogP contribution in [0.15, 0.2) is 42.7 Å². The lowest BCUT2D eigenvalue weighted by molar-refractivity contribution is -0.126. The lowest BCUT2D eigenvalue weighted by atomic mass is 9.82. The molecule has 1 aromatic heterocycles. The Bertz CT molecular complexity index is 708. The summed E-state index contributed by atoms with van der Waals surface area (Å²) in [5.74, 6) is 0.0540. The number of benzene rings is 1. The van der Waals surface area contributed by atoms with Crippen LogP contribution in [0.3, 0.4) is 0 Å². The van der Waals surface area contributed by atoms with Crippen LogP contribution in [0, 0.1) is 0 Å². The highest BCUT2D eigenvalue weighted by Gasteiger charge is 2.30. The molecule has 0 radical (unpaired) electrons. The predicted octanol–water partition coefficient (Wildman–Crippen LogP) is 4.09. The minimum Gasteiger partial charge on any atom is -0.380 e. The number of hydrogen-bond acceptors (Lipinski definition) is 3. The molecule has 1 heterocycles. The van der Waals surface area contributed by atoms with E-state index < -0.39 is 5.41 Å². The molecule has 4 nitrogen and oxygen atoms in total. The monoisotopic (exact) mass is 340 g/mol. The van der Waals surface area contributed by atoms with Crippen LogP contribution in [-0.2, 0) is 21.6 Å². The van der Waals surface area contributed by atoms with Crippen molar-refractivity contribution in [1.82, 2.24) is 10.3 Å². The van der Waals surface area contributed by atoms with Crippen LogP contribution in [0.2, 0.25) is 0 Å². The first kappa shape index (κ1) is 19.1. The smallest absolute Gasteiger partial charge is 0.230 e. The van der Waals surface area contributed by atoms with Crippen molar-refractivity contribution in [3.63, 3.8) is 0 Å². The third-order valence-corrected chi connectivity index (χ3v) is 4.60. The molecule has 0 unspecified atom stereocenters. The number of aromatic nitrogens is 1. The van der Waals surface area contributed by atoms with E-state index in [1.54, 1.807) is 7.11 Å². The van der Waals surface area contributed by atoms with Gasteiger partial charge in [0, 0.05) is 31.1 Å². The maximum absolute atomic E-state index is 12.6. The van der Waals surface area contributed by atoms with Gasteiger partial charge in [-0.3, -0.25) is 9.78 Å². The van der Waals surface area contributed by atoms with E-state index in [9.17, 15) is 4.79 Å². The number of methoxy groups -OCH3 is 1. The maximum atomic E-state index is 12.6. The van der Waals surface area contributed by atoms with Gasteiger partial charge in [0.2, 0.25) is 5.91 Å². The van der Waals surface area contributed by atoms with Crippen LogP contribution >= 0.6 is 0 Å². The predicted molar refractivity (Wildman–Crippen MR) is 101 cm³/mol. The molecule has 1 N–H and O–H groups in total. The molecule has 4 heteroatoms. The van der Waals surface area contributed by atoms with Crippen molar-refractivity contribution in [1.29, 1.82) is 0 Å². The molecule has 1 atom stereocenters. The normalized spacial score (nSPS) is 12.7. The Morgan fingerprint density at radius 1 is 1.20 bits per heavy atom. The molecule has 0 spiro atoms. The number of carbonyl (C=O) groups is 1. The Labute approximate surface area is 150 Å². The van der Waals surface area contributed by atoms with Gasteiger partial charge in [-0.25, -0.2) is 0 Å². The molecule has 0 saturated heterocycles. The van der Waals surface area contributed by atoms with Crippen molar-refractivity contribution in [3.8, 4) is 11.1 Å². The highest BCUT2D eigenvalue weighted by atomic mass is 16.5. The van der Waals surface area contributed by atoms with Crippen molar-refractivity contribution in [2.45, 2.75) is 52.2 Å². The van der Waals surface area contributed by atoms with Gasteiger partial charge >= 0.3 is 0 Å². The van der Waals surface area contributed by atoms with Crippen molar-refractivity contribution in [2.24, 2.45) is 0 Å². The Morgan fingerprint density at radius 2 is 1.88 bits per heavy atom. The van der Waals surface area contributed by atoms with Gasteiger partial charge in [0.15, 0.2) is 0 Å². The van der Waals surface area contributed by atoms with E-state index in [0.717, 1.165) is 28.7 Å². The van der Waals surface area contributed by atoms with Gasteiger partial charge in [0.05, 0.1) is 12.0 Å². The van der Waals surface area contributed by atoms with Gasteiger partial charge in [-0.15, -0.1) is 0 Å². The molecule has 0 aliphatic rings. The number of nitrogens with one attached hydrogen (secondary N) is 1. The second kappa shape index (κ2) is 8.26.